The smallest absolute Gasteiger partial charge is 0.216 e. The molecule has 1 amide bonds. The van der Waals surface area contributed by atoms with Gasteiger partial charge >= 0.3 is 0 Å². The van der Waals surface area contributed by atoms with Gasteiger partial charge in [-0.25, -0.2) is 0 Å². The zero-order valence-electron chi connectivity index (χ0n) is 22.0. The molecule has 5 nitrogen and oxygen atoms in total. The monoisotopic (exact) mass is 654 g/mol. The quantitative estimate of drug-likeness (QED) is 0.226. The summed E-state index contributed by atoms with van der Waals surface area (Å²) in [6.45, 7) is 27.0. The van der Waals surface area contributed by atoms with Crippen molar-refractivity contribution in [1.29, 1.82) is 0 Å². The summed E-state index contributed by atoms with van der Waals surface area (Å²) in [5, 5.41) is 2.39. The number of hydrogen-bond acceptors (Lipinski definition) is 4. The van der Waals surface area contributed by atoms with E-state index in [1.54, 1.807) is 26.7 Å². The number of carbonyl (C=O) groups excluding carboxylic acids is 2. The average Bonchev–Trinajstić information content (AvgIpc) is 2.34. The molecule has 0 bridgehead atoms. The summed E-state index contributed by atoms with van der Waals surface area (Å²) in [5.41, 5.74) is 0. The van der Waals surface area contributed by atoms with Gasteiger partial charge in [-0.3, -0.25) is 9.00 Å². The Morgan fingerprint density at radius 1 is 0.641 bits per heavy atom. The molecule has 0 aromatic carbocycles. The van der Waals surface area contributed by atoms with Crippen LogP contribution >= 0.6 is 7.92 Å². The van der Waals surface area contributed by atoms with Crippen LogP contribution in [-0.4, -0.2) is 79.0 Å². The Morgan fingerprint density at radius 2 is 0.692 bits per heavy atom. The summed E-state index contributed by atoms with van der Waals surface area (Å²) in [4.78, 5) is 19.1. The molecule has 0 fully saturated rings. The van der Waals surface area contributed by atoms with Crippen molar-refractivity contribution in [1.82, 2.24) is 5.32 Å². The van der Waals surface area contributed by atoms with Gasteiger partial charge in [0.05, 0.1) is 0 Å². The van der Waals surface area contributed by atoms with Crippen LogP contribution in [0.25, 0.3) is 0 Å². The molecule has 0 heterocycles. The summed E-state index contributed by atoms with van der Waals surface area (Å²) in [5.74, 6) is 0.171. The normalized spacial score (nSPS) is 6.74. The van der Waals surface area contributed by atoms with Gasteiger partial charge in [0.1, 0.15) is 5.78 Å². The van der Waals surface area contributed by atoms with E-state index in [2.05, 4.69) is 71.1 Å². The zero-order chi connectivity index (χ0) is 24.7. The van der Waals surface area contributed by atoms with E-state index in [1.165, 1.54) is 20.8 Å². The third kappa shape index (κ3) is 1900. The van der Waals surface area contributed by atoms with Gasteiger partial charge in [0.15, 0.2) is 8.32 Å². The Balaban J connectivity index is -0.00000000944. The molecule has 0 radical (unpaired) electrons. The number of carbonyl (C=O) groups is 2. The lowest BCUT2D eigenvalue weighted by Gasteiger charge is -2.10. The lowest BCUT2D eigenvalue weighted by atomic mass is 10.6. The summed E-state index contributed by atoms with van der Waals surface area (Å²) in [6.07, 6.45) is 3.28. The molecule has 0 aromatic rings. The highest BCUT2D eigenvalue weighted by Gasteiger charge is 2.09. The highest BCUT2D eigenvalue weighted by molar-refractivity contribution is 7.83. The van der Waals surface area contributed by atoms with Crippen molar-refractivity contribution in [3.63, 3.8) is 0 Å². The van der Waals surface area contributed by atoms with Gasteiger partial charge in [-0.05, 0) is 53.5 Å². The minimum Gasteiger partial charge on any atom is -0.421 e. The second kappa shape index (κ2) is 77.0. The van der Waals surface area contributed by atoms with E-state index in [1.807, 2.05) is 0 Å². The van der Waals surface area contributed by atoms with Gasteiger partial charge in [-0.15, -0.1) is 7.92 Å². The van der Waals surface area contributed by atoms with Crippen LogP contribution in [0.5, 0.6) is 0 Å². The fraction of sp³-hybridized carbons (Fsp3) is 0.933. The standard InChI is InChI=1S/C4H12OSi.C4H12Si.C3H7NO.C3H6O.C3H9P.C2H6OS.11CH4/c1-5-6(2,3)4;1-5(2,3)4;1-3(5)4-2;1-3(2)4;2*1-4(2)3;;;;;;;;;;;/h1-4H3;1-4H3;1-2H3,(H,4,5);1-2H3;1-3H3;1-2H3;11*1H4. The van der Waals surface area contributed by atoms with Crippen LogP contribution in [0.2, 0.25) is 45.8 Å². The molecule has 39 heavy (non-hydrogen) atoms. The minimum atomic E-state index is -1.13. The molecule has 1 N–H and O–H groups in total. The van der Waals surface area contributed by atoms with Crippen LogP contribution in [0.1, 0.15) is 102 Å². The van der Waals surface area contributed by atoms with E-state index >= 15 is 0 Å². The molecular formula is C30H96NO4PSSi2. The molecular weight excluding hydrogens is 558 g/mol. The summed E-state index contributed by atoms with van der Waals surface area (Å²) >= 11 is 0. The van der Waals surface area contributed by atoms with E-state index < -0.39 is 27.2 Å². The Labute approximate surface area is 264 Å². The van der Waals surface area contributed by atoms with E-state index in [0.29, 0.717) is 7.92 Å². The summed E-state index contributed by atoms with van der Waals surface area (Å²) < 4.78 is 14.6. The van der Waals surface area contributed by atoms with Gasteiger partial charge in [0.2, 0.25) is 5.91 Å². The molecule has 264 valence electrons. The van der Waals surface area contributed by atoms with Crippen LogP contribution in [0.3, 0.4) is 0 Å². The number of rotatable bonds is 1. The maximum atomic E-state index is 9.70. The predicted octanol–water partition coefficient (Wildman–Crippen LogP) is 12.1. The van der Waals surface area contributed by atoms with Crippen molar-refractivity contribution in [3.05, 3.63) is 0 Å². The van der Waals surface area contributed by atoms with Crippen molar-refractivity contribution in [2.24, 2.45) is 0 Å². The van der Waals surface area contributed by atoms with Crippen molar-refractivity contribution < 1.29 is 18.2 Å². The largest absolute Gasteiger partial charge is 0.421 e. The molecule has 0 aliphatic carbocycles. The number of nitrogens with one attached hydrogen (secondary N) is 1. The fourth-order valence-corrected chi connectivity index (χ4v) is 0. The third-order valence-electron chi connectivity index (χ3n) is 0.964. The van der Waals surface area contributed by atoms with Gasteiger partial charge in [-0.1, -0.05) is 108 Å². The Bertz CT molecular complexity index is 346. The molecule has 0 aromatic heterocycles. The van der Waals surface area contributed by atoms with Gasteiger partial charge in [-0.2, -0.15) is 0 Å². The Hall–Kier alpha value is 0.114. The number of ketones is 1. The van der Waals surface area contributed by atoms with Crippen molar-refractivity contribution in [2.75, 3.05) is 46.7 Å². The van der Waals surface area contributed by atoms with E-state index in [9.17, 15) is 13.8 Å². The maximum Gasteiger partial charge on any atom is 0.216 e. The minimum absolute atomic E-state index is 0. The molecule has 0 rings (SSSR count). The molecule has 0 saturated heterocycles. The zero-order valence-corrected chi connectivity index (χ0v) is 25.7. The van der Waals surface area contributed by atoms with Crippen LogP contribution < -0.4 is 5.32 Å². The van der Waals surface area contributed by atoms with Crippen molar-refractivity contribution in [2.45, 2.75) is 148 Å². The SMILES string of the molecule is C.C.C.C.C.C.C.C.C.C.C.CC(C)=O.CNC(C)=O.CO[Si](C)(C)C.CP(C)C.CS(C)=O.C[Si](C)(C)C. The lowest BCUT2D eigenvalue weighted by Crippen LogP contribution is -2.22. The third-order valence-corrected chi connectivity index (χ3v) is 2.19. The van der Waals surface area contributed by atoms with E-state index in [4.69, 9.17) is 4.43 Å². The highest BCUT2D eigenvalue weighted by Crippen LogP contribution is 2.14. The second-order valence-corrected chi connectivity index (χ2v) is 23.9. The topological polar surface area (TPSA) is 72.5 Å². The first-order valence-electron chi connectivity index (χ1n) is 9.10. The first-order chi connectivity index (χ1) is 12.0. The average molecular weight is 654 g/mol. The van der Waals surface area contributed by atoms with Gasteiger partial charge < -0.3 is 14.5 Å². The Morgan fingerprint density at radius 3 is 0.692 bits per heavy atom. The fourth-order valence-electron chi connectivity index (χ4n) is 0. The van der Waals surface area contributed by atoms with E-state index in [0.717, 1.165) is 0 Å². The Kier molecular flexibility index (Phi) is 229. The molecule has 0 spiro atoms. The van der Waals surface area contributed by atoms with Crippen LogP contribution in [-0.2, 0) is 24.8 Å². The molecule has 0 aliphatic rings. The first-order valence-corrected chi connectivity index (χ1v) is 21.2. The van der Waals surface area contributed by atoms with E-state index in [-0.39, 0.29) is 93.4 Å². The molecule has 0 aliphatic heterocycles. The molecule has 9 heteroatoms. The van der Waals surface area contributed by atoms with Gasteiger partial charge in [0, 0.05) is 52.5 Å². The number of amides is 1. The van der Waals surface area contributed by atoms with Crippen molar-refractivity contribution >= 4 is 46.8 Å². The molecule has 0 atom stereocenters. The lowest BCUT2D eigenvalue weighted by molar-refractivity contribution is -0.118. The first kappa shape index (κ1) is 116. The highest BCUT2D eigenvalue weighted by atomic mass is 32.2. The van der Waals surface area contributed by atoms with Gasteiger partial charge in [0.25, 0.3) is 0 Å². The summed E-state index contributed by atoms with van der Waals surface area (Å²) in [6, 6.07) is 0. The predicted molar refractivity (Wildman–Crippen MR) is 214 cm³/mol. The second-order valence-electron chi connectivity index (χ2n) is 9.11. The maximum absolute atomic E-state index is 9.70. The molecule has 0 saturated carbocycles. The van der Waals surface area contributed by atoms with Crippen LogP contribution in [0.15, 0.2) is 0 Å². The summed E-state index contributed by atoms with van der Waals surface area (Å²) in [7, 11) is 1.40. The van der Waals surface area contributed by atoms with Crippen LogP contribution in [0.4, 0.5) is 0 Å². The molecule has 0 unspecified atom stereocenters. The van der Waals surface area contributed by atoms with Crippen molar-refractivity contribution in [3.8, 4) is 0 Å². The number of hydrogen-bond donors (Lipinski definition) is 1. The van der Waals surface area contributed by atoms with Crippen LogP contribution in [0, 0.1) is 0 Å². The number of Topliss-reactive ketones (excluding diaryl/α,β-unsaturated/α-hetero) is 1.